The minimum Gasteiger partial charge on any atom is -0.493 e. The van der Waals surface area contributed by atoms with Gasteiger partial charge in [-0.05, 0) is 50.2 Å². The number of aromatic nitrogens is 3. The highest BCUT2D eigenvalue weighted by atomic mass is 32.2. The Balaban J connectivity index is 1.62. The van der Waals surface area contributed by atoms with E-state index in [1.807, 2.05) is 50.5 Å². The molecule has 1 atom stereocenters. The monoisotopic (exact) mass is 497 g/mol. The highest BCUT2D eigenvalue weighted by Gasteiger charge is 2.22. The molecule has 0 aliphatic heterocycles. The predicted octanol–water partition coefficient (Wildman–Crippen LogP) is 3.81. The number of benzene rings is 2. The molecule has 0 aliphatic carbocycles. The summed E-state index contributed by atoms with van der Waals surface area (Å²) in [5.41, 5.74) is 2.24. The Bertz CT molecular complexity index is 1090. The smallest absolute Gasteiger partial charge is 0.230 e. The lowest BCUT2D eigenvalue weighted by Crippen LogP contribution is -2.27. The van der Waals surface area contributed by atoms with E-state index in [9.17, 15) is 4.79 Å². The van der Waals surface area contributed by atoms with Gasteiger partial charge in [-0.3, -0.25) is 9.69 Å². The lowest BCUT2D eigenvalue weighted by molar-refractivity contribution is -0.118. The van der Waals surface area contributed by atoms with Crippen molar-refractivity contribution >= 4 is 17.7 Å². The van der Waals surface area contributed by atoms with E-state index in [2.05, 4.69) is 44.0 Å². The third-order valence-corrected chi connectivity index (χ3v) is 6.72. The summed E-state index contributed by atoms with van der Waals surface area (Å²) in [5, 5.41) is 12.7. The largest absolute Gasteiger partial charge is 0.493 e. The minimum absolute atomic E-state index is 0.0362. The Morgan fingerprint density at radius 3 is 2.46 bits per heavy atom. The van der Waals surface area contributed by atoms with Crippen LogP contribution in [0.3, 0.4) is 0 Å². The van der Waals surface area contributed by atoms with Gasteiger partial charge in [0, 0.05) is 6.54 Å². The summed E-state index contributed by atoms with van der Waals surface area (Å²) < 4.78 is 12.8. The molecule has 1 unspecified atom stereocenters. The Hall–Kier alpha value is -3.04. The molecular formula is C26H35N5O3S. The Kier molecular flexibility index (Phi) is 9.98. The molecule has 0 aliphatic rings. The van der Waals surface area contributed by atoms with Gasteiger partial charge in [0.2, 0.25) is 5.91 Å². The van der Waals surface area contributed by atoms with Gasteiger partial charge in [-0.15, -0.1) is 10.2 Å². The molecule has 9 heteroatoms. The summed E-state index contributed by atoms with van der Waals surface area (Å²) in [5.74, 6) is 2.53. The second-order valence-electron chi connectivity index (χ2n) is 8.38. The van der Waals surface area contributed by atoms with Crippen LogP contribution in [0.2, 0.25) is 0 Å². The highest BCUT2D eigenvalue weighted by Crippen LogP contribution is 2.28. The van der Waals surface area contributed by atoms with E-state index < -0.39 is 0 Å². The number of nitrogens with zero attached hydrogens (tertiary/aromatic N) is 4. The Labute approximate surface area is 212 Å². The topological polar surface area (TPSA) is 81.5 Å². The number of methoxy groups -OCH3 is 2. The van der Waals surface area contributed by atoms with Crippen molar-refractivity contribution in [3.63, 3.8) is 0 Å². The van der Waals surface area contributed by atoms with Gasteiger partial charge in [0.05, 0.1) is 32.6 Å². The second-order valence-corrected chi connectivity index (χ2v) is 9.32. The van der Waals surface area contributed by atoms with E-state index in [0.29, 0.717) is 31.0 Å². The number of hydrogen-bond acceptors (Lipinski definition) is 7. The average molecular weight is 498 g/mol. The van der Waals surface area contributed by atoms with Crippen molar-refractivity contribution in [3.05, 3.63) is 65.5 Å². The zero-order valence-corrected chi connectivity index (χ0v) is 22.0. The number of carbonyl (C=O) groups is 1. The van der Waals surface area contributed by atoms with E-state index in [1.54, 1.807) is 14.2 Å². The molecule has 0 radical (unpaired) electrons. The molecule has 1 amide bonds. The summed E-state index contributed by atoms with van der Waals surface area (Å²) in [6, 6.07) is 16.2. The van der Waals surface area contributed by atoms with Crippen molar-refractivity contribution in [2.45, 2.75) is 37.5 Å². The standard InChI is InChI=1S/C26H35N5O3S/c1-6-21(30(2)3)25-28-29-26(31(25)17-20-10-8-7-9-11-20)35-18-24(32)27-15-14-19-12-13-22(33-4)23(16-19)34-5/h7-13,16,21H,6,14-15,17-18H2,1-5H3,(H,27,32). The number of rotatable bonds is 13. The molecule has 0 spiro atoms. The fraction of sp³-hybridized carbons (Fsp3) is 0.423. The molecule has 1 aromatic heterocycles. The molecule has 8 nitrogen and oxygen atoms in total. The van der Waals surface area contributed by atoms with Crippen molar-refractivity contribution in [1.82, 2.24) is 25.0 Å². The molecule has 0 fully saturated rings. The molecule has 188 valence electrons. The van der Waals surface area contributed by atoms with Crippen LogP contribution in [-0.4, -0.2) is 66.2 Å². The maximum absolute atomic E-state index is 12.6. The number of hydrogen-bond donors (Lipinski definition) is 1. The van der Waals surface area contributed by atoms with E-state index in [1.165, 1.54) is 17.3 Å². The number of carbonyl (C=O) groups excluding carboxylic acids is 1. The van der Waals surface area contributed by atoms with Gasteiger partial charge >= 0.3 is 0 Å². The van der Waals surface area contributed by atoms with Crippen molar-refractivity contribution in [3.8, 4) is 11.5 Å². The van der Waals surface area contributed by atoms with Gasteiger partial charge in [-0.2, -0.15) is 0 Å². The normalized spacial score (nSPS) is 11.9. The third-order valence-electron chi connectivity index (χ3n) is 5.75. The lowest BCUT2D eigenvalue weighted by atomic mass is 10.1. The summed E-state index contributed by atoms with van der Waals surface area (Å²) in [6.07, 6.45) is 1.62. The Morgan fingerprint density at radius 2 is 1.80 bits per heavy atom. The Morgan fingerprint density at radius 1 is 1.06 bits per heavy atom. The molecule has 0 bridgehead atoms. The number of thioether (sulfide) groups is 1. The van der Waals surface area contributed by atoms with Crippen molar-refractivity contribution < 1.29 is 14.3 Å². The first-order chi connectivity index (χ1) is 17.0. The van der Waals surface area contributed by atoms with Crippen LogP contribution in [0, 0.1) is 0 Å². The molecule has 35 heavy (non-hydrogen) atoms. The number of ether oxygens (including phenoxy) is 2. The zero-order valence-electron chi connectivity index (χ0n) is 21.2. The van der Waals surface area contributed by atoms with Crippen molar-refractivity contribution in [2.24, 2.45) is 0 Å². The van der Waals surface area contributed by atoms with Gasteiger partial charge in [0.1, 0.15) is 0 Å². The van der Waals surface area contributed by atoms with Crippen LogP contribution in [0.25, 0.3) is 0 Å². The maximum Gasteiger partial charge on any atom is 0.230 e. The lowest BCUT2D eigenvalue weighted by Gasteiger charge is -2.23. The summed E-state index contributed by atoms with van der Waals surface area (Å²) in [6.45, 7) is 3.34. The molecule has 3 rings (SSSR count). The zero-order chi connectivity index (χ0) is 25.2. The summed E-state index contributed by atoms with van der Waals surface area (Å²) in [7, 11) is 7.33. The van der Waals surface area contributed by atoms with E-state index in [4.69, 9.17) is 9.47 Å². The predicted molar refractivity (Wildman–Crippen MR) is 139 cm³/mol. The van der Waals surface area contributed by atoms with Crippen LogP contribution in [0.5, 0.6) is 11.5 Å². The van der Waals surface area contributed by atoms with Crippen LogP contribution in [0.4, 0.5) is 0 Å². The van der Waals surface area contributed by atoms with Crippen molar-refractivity contribution in [2.75, 3.05) is 40.6 Å². The SMILES string of the molecule is CCC(c1nnc(SCC(=O)NCCc2ccc(OC)c(OC)c2)n1Cc1ccccc1)N(C)C. The molecule has 1 N–H and O–H groups in total. The molecular weight excluding hydrogens is 462 g/mol. The molecule has 0 saturated carbocycles. The van der Waals surface area contributed by atoms with E-state index in [-0.39, 0.29) is 17.7 Å². The summed E-state index contributed by atoms with van der Waals surface area (Å²) in [4.78, 5) is 14.7. The maximum atomic E-state index is 12.6. The van der Waals surface area contributed by atoms with E-state index in [0.717, 1.165) is 23.0 Å². The van der Waals surface area contributed by atoms with Crippen LogP contribution in [0.1, 0.15) is 36.3 Å². The first kappa shape index (κ1) is 26.6. The van der Waals surface area contributed by atoms with Crippen molar-refractivity contribution in [1.29, 1.82) is 0 Å². The third kappa shape index (κ3) is 7.22. The van der Waals surface area contributed by atoms with Gasteiger partial charge in [-0.1, -0.05) is 55.1 Å². The van der Waals surface area contributed by atoms with Crippen LogP contribution in [0.15, 0.2) is 53.7 Å². The van der Waals surface area contributed by atoms with E-state index >= 15 is 0 Å². The molecule has 0 saturated heterocycles. The quantitative estimate of drug-likeness (QED) is 0.360. The van der Waals surface area contributed by atoms with Gasteiger partial charge in [0.15, 0.2) is 22.5 Å². The van der Waals surface area contributed by atoms with Gasteiger partial charge in [0.25, 0.3) is 0 Å². The molecule has 1 heterocycles. The molecule has 3 aromatic rings. The minimum atomic E-state index is -0.0362. The van der Waals surface area contributed by atoms with Gasteiger partial charge < -0.3 is 19.4 Å². The number of nitrogens with one attached hydrogen (secondary N) is 1. The average Bonchev–Trinajstić information content (AvgIpc) is 3.25. The first-order valence-electron chi connectivity index (χ1n) is 11.7. The fourth-order valence-electron chi connectivity index (χ4n) is 3.91. The summed E-state index contributed by atoms with van der Waals surface area (Å²) >= 11 is 1.41. The van der Waals surface area contributed by atoms with Crippen LogP contribution in [-0.2, 0) is 17.8 Å². The second kappa shape index (κ2) is 13.2. The molecule has 2 aromatic carbocycles. The van der Waals surface area contributed by atoms with Gasteiger partial charge in [-0.25, -0.2) is 0 Å². The highest BCUT2D eigenvalue weighted by molar-refractivity contribution is 7.99. The van der Waals surface area contributed by atoms with Crippen LogP contribution < -0.4 is 14.8 Å². The fourth-order valence-corrected chi connectivity index (χ4v) is 4.68. The number of amides is 1. The van der Waals surface area contributed by atoms with Crippen LogP contribution >= 0.6 is 11.8 Å². The first-order valence-corrected chi connectivity index (χ1v) is 12.7.